The lowest BCUT2D eigenvalue weighted by Crippen LogP contribution is -2.37. The van der Waals surface area contributed by atoms with Gasteiger partial charge in [0.15, 0.2) is 5.82 Å². The standard InChI is InChI=1S/2C19H20N6O2.2C2H6/c1-26-15-4-7-24(8-5-15)19-21-9-14(10-22-19)25-11-13-12-27-18-16(17(13)23-25)3-2-6-20-18;1-26-14-4-7-24(8-5-14)16-9-22-17(10-21-16)25-11-13-12-27-19-15(18(13)23-25)3-2-6-20-19;2*1-2/h2-3,6,9-11,15H,4-5,7-8,12H2,1H3;2-3,6,9-11,14H,4-5,7-8,12H2,1H3;2*1-2H3. The smallest absolute Gasteiger partial charge is 0.225 e. The number of methoxy groups -OCH3 is 2. The lowest BCUT2D eigenvalue weighted by Gasteiger charge is -2.31. The van der Waals surface area contributed by atoms with Crippen LogP contribution in [0, 0.1) is 0 Å². The maximum atomic E-state index is 5.70. The molecule has 0 unspecified atom stereocenters. The molecule has 0 N–H and O–H groups in total. The van der Waals surface area contributed by atoms with Gasteiger partial charge in [-0.3, -0.25) is 0 Å². The fraction of sp³-hybridized carbons (Fsp3) is 0.429. The number of fused-ring (bicyclic) bond motifs is 6. The molecule has 58 heavy (non-hydrogen) atoms. The van der Waals surface area contributed by atoms with E-state index in [0.717, 1.165) is 103 Å². The first kappa shape index (κ1) is 40.2. The number of ether oxygens (including phenoxy) is 4. The maximum absolute atomic E-state index is 5.70. The molecular weight excluding hydrogens is 737 g/mol. The molecule has 6 aromatic heterocycles. The van der Waals surface area contributed by atoms with Gasteiger partial charge in [0.2, 0.25) is 17.7 Å². The van der Waals surface area contributed by atoms with Crippen molar-refractivity contribution in [3.05, 3.63) is 85.0 Å². The number of piperidine rings is 2. The summed E-state index contributed by atoms with van der Waals surface area (Å²) in [5.41, 5.74) is 6.47. The number of pyridine rings is 2. The molecular formula is C42H52N12O4. The minimum atomic E-state index is 0.343. The molecule has 2 fully saturated rings. The van der Waals surface area contributed by atoms with Gasteiger partial charge in [-0.15, -0.1) is 0 Å². The van der Waals surface area contributed by atoms with Crippen molar-refractivity contribution in [2.24, 2.45) is 0 Å². The third-order valence-corrected chi connectivity index (χ3v) is 10.3. The molecule has 16 nitrogen and oxygen atoms in total. The summed E-state index contributed by atoms with van der Waals surface area (Å²) in [6, 6.07) is 7.72. The number of rotatable bonds is 6. The Morgan fingerprint density at radius 1 is 0.569 bits per heavy atom. The predicted molar refractivity (Wildman–Crippen MR) is 221 cm³/mol. The quantitative estimate of drug-likeness (QED) is 0.180. The summed E-state index contributed by atoms with van der Waals surface area (Å²) in [5, 5.41) is 9.40. The van der Waals surface area contributed by atoms with Crippen molar-refractivity contribution in [1.29, 1.82) is 0 Å². The molecule has 0 bridgehead atoms. The summed E-state index contributed by atoms with van der Waals surface area (Å²) in [6.45, 7) is 12.6. The van der Waals surface area contributed by atoms with Gasteiger partial charge in [-0.05, 0) is 49.9 Å². The SMILES string of the molecule is CC.CC.COC1CCN(c2cnc(-n3cc4c(n3)-c3cccnc3OC4)cn2)CC1.COC1CCN(c2ncc(-n3cc4c(n3)-c3cccnc3OC4)cn2)CC1. The highest BCUT2D eigenvalue weighted by Gasteiger charge is 2.25. The van der Waals surface area contributed by atoms with Crippen molar-refractivity contribution >= 4 is 11.8 Å². The Balaban J connectivity index is 0.000000163. The minimum absolute atomic E-state index is 0.343. The first-order valence-corrected chi connectivity index (χ1v) is 20.2. The van der Waals surface area contributed by atoms with Crippen LogP contribution in [0.5, 0.6) is 11.8 Å². The van der Waals surface area contributed by atoms with Crippen molar-refractivity contribution < 1.29 is 18.9 Å². The summed E-state index contributed by atoms with van der Waals surface area (Å²) >= 11 is 0. The number of hydrogen-bond donors (Lipinski definition) is 0. The van der Waals surface area contributed by atoms with Gasteiger partial charge >= 0.3 is 0 Å². The average Bonchev–Trinajstić information content (AvgIpc) is 3.97. The molecule has 2 saturated heterocycles. The van der Waals surface area contributed by atoms with E-state index in [2.05, 4.69) is 44.8 Å². The minimum Gasteiger partial charge on any atom is -0.472 e. The molecule has 0 spiro atoms. The Hall–Kier alpha value is -6.00. The van der Waals surface area contributed by atoms with Crippen molar-refractivity contribution in [2.75, 3.05) is 50.2 Å². The maximum Gasteiger partial charge on any atom is 0.225 e. The number of hydrogen-bond acceptors (Lipinski definition) is 14. The topological polar surface area (TPSA) is 156 Å². The Labute approximate surface area is 339 Å². The highest BCUT2D eigenvalue weighted by atomic mass is 16.5. The molecule has 6 aromatic rings. The molecule has 0 aliphatic carbocycles. The van der Waals surface area contributed by atoms with Crippen LogP contribution in [0.1, 0.15) is 64.5 Å². The van der Waals surface area contributed by atoms with Crippen LogP contribution in [-0.4, -0.2) is 102 Å². The van der Waals surface area contributed by atoms with Crippen LogP contribution in [0.15, 0.2) is 73.8 Å². The number of nitrogens with zero attached hydrogens (tertiary/aromatic N) is 12. The molecule has 4 aliphatic rings. The third-order valence-electron chi connectivity index (χ3n) is 10.3. The fourth-order valence-corrected chi connectivity index (χ4v) is 7.20. The predicted octanol–water partition coefficient (Wildman–Crippen LogP) is 6.52. The molecule has 10 heterocycles. The van der Waals surface area contributed by atoms with E-state index in [9.17, 15) is 0 Å². The molecule has 4 aliphatic heterocycles. The lowest BCUT2D eigenvalue weighted by atomic mass is 10.1. The van der Waals surface area contributed by atoms with Gasteiger partial charge in [0.1, 0.15) is 36.1 Å². The van der Waals surface area contributed by atoms with E-state index in [1.807, 2.05) is 82.9 Å². The van der Waals surface area contributed by atoms with Crippen LogP contribution in [0.3, 0.4) is 0 Å². The summed E-state index contributed by atoms with van der Waals surface area (Å²) in [7, 11) is 3.55. The van der Waals surface area contributed by atoms with Crippen LogP contribution in [0.25, 0.3) is 34.0 Å². The second-order valence-electron chi connectivity index (χ2n) is 13.5. The zero-order valence-corrected chi connectivity index (χ0v) is 34.2. The summed E-state index contributed by atoms with van der Waals surface area (Å²) < 4.78 is 25.8. The Kier molecular flexibility index (Phi) is 13.1. The largest absolute Gasteiger partial charge is 0.472 e. The second-order valence-corrected chi connectivity index (χ2v) is 13.5. The molecule has 16 heteroatoms. The third kappa shape index (κ3) is 8.62. The lowest BCUT2D eigenvalue weighted by molar-refractivity contribution is 0.0816. The van der Waals surface area contributed by atoms with E-state index in [1.165, 1.54) is 0 Å². The zero-order valence-electron chi connectivity index (χ0n) is 34.2. The van der Waals surface area contributed by atoms with Gasteiger partial charge < -0.3 is 28.7 Å². The first-order valence-electron chi connectivity index (χ1n) is 20.2. The van der Waals surface area contributed by atoms with Gasteiger partial charge in [0.05, 0.1) is 48.1 Å². The molecule has 304 valence electrons. The first-order chi connectivity index (χ1) is 28.6. The summed E-state index contributed by atoms with van der Waals surface area (Å²) in [6.07, 6.45) is 19.3. The van der Waals surface area contributed by atoms with Gasteiger partial charge in [-0.25, -0.2) is 39.3 Å². The number of aromatic nitrogens is 10. The highest BCUT2D eigenvalue weighted by molar-refractivity contribution is 5.70. The van der Waals surface area contributed by atoms with Crippen LogP contribution in [0.4, 0.5) is 11.8 Å². The van der Waals surface area contributed by atoms with Crippen molar-refractivity contribution in [2.45, 2.75) is 78.8 Å². The summed E-state index contributed by atoms with van der Waals surface area (Å²) in [5.74, 6) is 3.58. The summed E-state index contributed by atoms with van der Waals surface area (Å²) in [4.78, 5) is 31.2. The molecule has 0 atom stereocenters. The molecule has 0 aromatic carbocycles. The van der Waals surface area contributed by atoms with E-state index in [0.29, 0.717) is 43.0 Å². The van der Waals surface area contributed by atoms with E-state index in [1.54, 1.807) is 42.2 Å². The Morgan fingerprint density at radius 3 is 1.57 bits per heavy atom. The molecule has 0 radical (unpaired) electrons. The van der Waals surface area contributed by atoms with E-state index >= 15 is 0 Å². The van der Waals surface area contributed by atoms with Crippen LogP contribution in [-0.2, 0) is 22.7 Å². The van der Waals surface area contributed by atoms with Gasteiger partial charge in [0, 0.05) is 76.3 Å². The number of anilines is 2. The van der Waals surface area contributed by atoms with Crippen molar-refractivity contribution in [3.8, 4) is 45.8 Å². The van der Waals surface area contributed by atoms with Crippen molar-refractivity contribution in [3.63, 3.8) is 0 Å². The zero-order chi connectivity index (χ0) is 40.4. The Morgan fingerprint density at radius 2 is 1.05 bits per heavy atom. The van der Waals surface area contributed by atoms with Gasteiger partial charge in [0.25, 0.3) is 0 Å². The molecule has 10 rings (SSSR count). The van der Waals surface area contributed by atoms with E-state index < -0.39 is 0 Å². The van der Waals surface area contributed by atoms with Gasteiger partial charge in [-0.2, -0.15) is 10.2 Å². The second kappa shape index (κ2) is 19.0. The van der Waals surface area contributed by atoms with E-state index in [4.69, 9.17) is 24.0 Å². The van der Waals surface area contributed by atoms with Crippen LogP contribution in [0.2, 0.25) is 0 Å². The normalized spacial score (nSPS) is 15.6. The highest BCUT2D eigenvalue weighted by Crippen LogP contribution is 2.36. The molecule has 0 saturated carbocycles. The fourth-order valence-electron chi connectivity index (χ4n) is 7.20. The van der Waals surface area contributed by atoms with Gasteiger partial charge in [-0.1, -0.05) is 27.7 Å². The van der Waals surface area contributed by atoms with E-state index in [-0.39, 0.29) is 0 Å². The van der Waals surface area contributed by atoms with Crippen LogP contribution < -0.4 is 19.3 Å². The molecule has 0 amide bonds. The Bertz CT molecular complexity index is 2050. The van der Waals surface area contributed by atoms with Crippen molar-refractivity contribution in [1.82, 2.24) is 49.5 Å². The monoisotopic (exact) mass is 788 g/mol. The van der Waals surface area contributed by atoms with Crippen LogP contribution >= 0.6 is 0 Å². The average molecular weight is 789 g/mol.